The van der Waals surface area contributed by atoms with Gasteiger partial charge in [0.05, 0.1) is 22.8 Å². The molecule has 0 N–H and O–H groups in total. The molecule has 7 heteroatoms. The quantitative estimate of drug-likeness (QED) is 0.391. The number of carbonyl (C=O) groups excluding carboxylic acids is 1. The first kappa shape index (κ1) is 22.9. The summed E-state index contributed by atoms with van der Waals surface area (Å²) >= 11 is 9.60. The number of aliphatic carboxylic acids is 1. The molecule has 0 amide bonds. The SMILES string of the molecule is O=C([O-])CCCOc1cc(C=Cc2ccc3ccc(Br)cc3n2)ccc1Cl.[Na+]. The van der Waals surface area contributed by atoms with Gasteiger partial charge in [0.25, 0.3) is 0 Å². The van der Waals surface area contributed by atoms with Gasteiger partial charge >= 0.3 is 29.6 Å². The largest absolute Gasteiger partial charge is 1.00 e. The number of halogens is 2. The van der Waals surface area contributed by atoms with E-state index < -0.39 is 5.97 Å². The van der Waals surface area contributed by atoms with E-state index in [0.717, 1.165) is 26.6 Å². The standard InChI is InChI=1S/C21H17BrClNO3.Na/c22-16-7-5-15-6-9-17(24-19(15)13-16)8-3-14-4-10-18(23)20(12-14)27-11-1-2-21(25)26;/h3-10,12-13H,1-2,11H2,(H,25,26);/q;+1/p-1. The van der Waals surface area contributed by atoms with Crippen LogP contribution in [0.2, 0.25) is 5.02 Å². The van der Waals surface area contributed by atoms with Gasteiger partial charge in [-0.05, 0) is 54.8 Å². The van der Waals surface area contributed by atoms with Crippen molar-refractivity contribution in [2.75, 3.05) is 6.61 Å². The van der Waals surface area contributed by atoms with Crippen LogP contribution in [0.3, 0.4) is 0 Å². The van der Waals surface area contributed by atoms with E-state index in [2.05, 4.69) is 20.9 Å². The minimum Gasteiger partial charge on any atom is -0.550 e. The molecule has 0 atom stereocenters. The number of fused-ring (bicyclic) bond motifs is 1. The minimum atomic E-state index is -1.09. The Bertz CT molecular complexity index is 1010. The first-order valence-corrected chi connectivity index (χ1v) is 9.55. The van der Waals surface area contributed by atoms with Gasteiger partial charge in [-0.15, -0.1) is 0 Å². The van der Waals surface area contributed by atoms with Crippen LogP contribution in [0.1, 0.15) is 24.1 Å². The van der Waals surface area contributed by atoms with Crippen LogP contribution < -0.4 is 39.4 Å². The number of hydrogen-bond donors (Lipinski definition) is 0. The van der Waals surface area contributed by atoms with Gasteiger partial charge in [-0.3, -0.25) is 0 Å². The Hall–Kier alpha value is -1.37. The summed E-state index contributed by atoms with van der Waals surface area (Å²) in [5.74, 6) is -0.566. The first-order chi connectivity index (χ1) is 13.0. The number of carboxylic acid groups (broad SMARTS) is 1. The third-order valence-corrected chi connectivity index (χ3v) is 4.67. The number of ether oxygens (including phenoxy) is 1. The summed E-state index contributed by atoms with van der Waals surface area (Å²) in [6.07, 6.45) is 4.18. The Balaban J connectivity index is 0.00000280. The zero-order chi connectivity index (χ0) is 19.2. The van der Waals surface area contributed by atoms with Gasteiger partial charge in [0.1, 0.15) is 5.75 Å². The van der Waals surface area contributed by atoms with Gasteiger partial charge in [0.15, 0.2) is 0 Å². The summed E-state index contributed by atoms with van der Waals surface area (Å²) in [7, 11) is 0. The Morgan fingerprint density at radius 3 is 2.71 bits per heavy atom. The van der Waals surface area contributed by atoms with Crippen LogP contribution in [0.4, 0.5) is 0 Å². The molecular formula is C21H16BrClNNaO3. The van der Waals surface area contributed by atoms with Crippen molar-refractivity contribution >= 4 is 56.6 Å². The molecule has 0 radical (unpaired) electrons. The molecule has 0 aliphatic heterocycles. The average Bonchev–Trinajstić information content (AvgIpc) is 2.64. The fraction of sp³-hybridized carbons (Fsp3) is 0.143. The topological polar surface area (TPSA) is 62.2 Å². The summed E-state index contributed by atoms with van der Waals surface area (Å²) in [6, 6.07) is 15.4. The molecule has 0 spiro atoms. The molecule has 28 heavy (non-hydrogen) atoms. The smallest absolute Gasteiger partial charge is 0.550 e. The molecule has 0 saturated heterocycles. The number of rotatable bonds is 7. The van der Waals surface area contributed by atoms with Crippen molar-refractivity contribution in [3.8, 4) is 5.75 Å². The van der Waals surface area contributed by atoms with Crippen LogP contribution >= 0.6 is 27.5 Å². The average molecular weight is 469 g/mol. The van der Waals surface area contributed by atoms with Crippen LogP contribution in [-0.4, -0.2) is 17.6 Å². The fourth-order valence-corrected chi connectivity index (χ4v) is 3.03. The van der Waals surface area contributed by atoms with Crippen molar-refractivity contribution in [2.24, 2.45) is 0 Å². The van der Waals surface area contributed by atoms with E-state index in [1.807, 2.05) is 54.6 Å². The summed E-state index contributed by atoms with van der Waals surface area (Å²) < 4.78 is 6.56. The number of nitrogens with zero attached hydrogens (tertiary/aromatic N) is 1. The van der Waals surface area contributed by atoms with Crippen LogP contribution in [0, 0.1) is 0 Å². The van der Waals surface area contributed by atoms with Gasteiger partial charge in [-0.2, -0.15) is 0 Å². The number of pyridine rings is 1. The molecule has 1 heterocycles. The first-order valence-electron chi connectivity index (χ1n) is 8.38. The molecule has 0 unspecified atom stereocenters. The van der Waals surface area contributed by atoms with Gasteiger partial charge in [0.2, 0.25) is 0 Å². The second kappa shape index (κ2) is 11.0. The van der Waals surface area contributed by atoms with Crippen molar-refractivity contribution < 1.29 is 44.2 Å². The molecule has 3 aromatic rings. The molecule has 4 nitrogen and oxygen atoms in total. The van der Waals surface area contributed by atoms with E-state index in [1.165, 1.54) is 0 Å². The maximum absolute atomic E-state index is 10.4. The fourth-order valence-electron chi connectivity index (χ4n) is 2.51. The van der Waals surface area contributed by atoms with Crippen molar-refractivity contribution in [1.82, 2.24) is 4.98 Å². The molecule has 0 aliphatic carbocycles. The summed E-state index contributed by atoms with van der Waals surface area (Å²) in [5.41, 5.74) is 2.66. The van der Waals surface area contributed by atoms with E-state index in [1.54, 1.807) is 6.07 Å². The number of carbonyl (C=O) groups is 1. The van der Waals surface area contributed by atoms with E-state index in [9.17, 15) is 9.90 Å². The molecule has 0 fully saturated rings. The Morgan fingerprint density at radius 1 is 1.14 bits per heavy atom. The molecule has 3 rings (SSSR count). The van der Waals surface area contributed by atoms with Crippen LogP contribution in [0.25, 0.3) is 23.1 Å². The number of benzene rings is 2. The molecule has 0 aliphatic rings. The van der Waals surface area contributed by atoms with Crippen molar-refractivity contribution in [3.05, 3.63) is 69.3 Å². The summed E-state index contributed by atoms with van der Waals surface area (Å²) in [6.45, 7) is 0.266. The zero-order valence-corrected chi connectivity index (χ0v) is 19.7. The zero-order valence-electron chi connectivity index (χ0n) is 15.3. The third kappa shape index (κ3) is 6.61. The maximum Gasteiger partial charge on any atom is 1.00 e. The second-order valence-electron chi connectivity index (χ2n) is 5.92. The van der Waals surface area contributed by atoms with Crippen molar-refractivity contribution in [3.63, 3.8) is 0 Å². The van der Waals surface area contributed by atoms with Crippen LogP contribution in [0.15, 0.2) is 53.0 Å². The Kier molecular flexibility index (Phi) is 8.99. The normalized spacial score (nSPS) is 10.8. The number of carboxylic acids is 1. The number of hydrogen-bond acceptors (Lipinski definition) is 4. The second-order valence-corrected chi connectivity index (χ2v) is 7.24. The van der Waals surface area contributed by atoms with Crippen molar-refractivity contribution in [2.45, 2.75) is 12.8 Å². The Labute approximate surface area is 199 Å². The molecule has 138 valence electrons. The van der Waals surface area contributed by atoms with Gasteiger partial charge in [-0.25, -0.2) is 4.98 Å². The minimum absolute atomic E-state index is 0. The van der Waals surface area contributed by atoms with Gasteiger partial charge in [-0.1, -0.05) is 51.8 Å². The van der Waals surface area contributed by atoms with E-state index in [4.69, 9.17) is 16.3 Å². The Morgan fingerprint density at radius 2 is 1.93 bits per heavy atom. The van der Waals surface area contributed by atoms with Gasteiger partial charge in [0, 0.05) is 15.8 Å². The molecular weight excluding hydrogens is 453 g/mol. The van der Waals surface area contributed by atoms with Gasteiger partial charge < -0.3 is 14.6 Å². The predicted molar refractivity (Wildman–Crippen MR) is 110 cm³/mol. The van der Waals surface area contributed by atoms with E-state index in [0.29, 0.717) is 17.2 Å². The van der Waals surface area contributed by atoms with Crippen LogP contribution in [-0.2, 0) is 4.79 Å². The summed E-state index contributed by atoms with van der Waals surface area (Å²) in [4.78, 5) is 15.1. The van der Waals surface area contributed by atoms with E-state index in [-0.39, 0.29) is 42.6 Å². The van der Waals surface area contributed by atoms with Crippen molar-refractivity contribution in [1.29, 1.82) is 0 Å². The third-order valence-electron chi connectivity index (χ3n) is 3.86. The van der Waals surface area contributed by atoms with Crippen LogP contribution in [0.5, 0.6) is 5.75 Å². The molecule has 0 saturated carbocycles. The predicted octanol–water partition coefficient (Wildman–Crippen LogP) is 1.73. The molecule has 2 aromatic carbocycles. The van der Waals surface area contributed by atoms with E-state index >= 15 is 0 Å². The maximum atomic E-state index is 10.4. The number of aromatic nitrogens is 1. The summed E-state index contributed by atoms with van der Waals surface area (Å²) in [5, 5.41) is 12.0. The molecule has 1 aromatic heterocycles. The monoisotopic (exact) mass is 467 g/mol. The molecule has 0 bridgehead atoms.